The largest absolute Gasteiger partial charge is 0.287 e. The van der Waals surface area contributed by atoms with E-state index in [1.54, 1.807) is 18.4 Å². The van der Waals surface area contributed by atoms with Gasteiger partial charge in [0.05, 0.1) is 10.4 Å². The van der Waals surface area contributed by atoms with Gasteiger partial charge in [0.25, 0.3) is 0 Å². The van der Waals surface area contributed by atoms with Crippen LogP contribution in [-0.4, -0.2) is 5.78 Å². The zero-order valence-corrected chi connectivity index (χ0v) is 10.2. The molecule has 0 radical (unpaired) electrons. The van der Waals surface area contributed by atoms with Crippen molar-refractivity contribution >= 4 is 17.1 Å². The second-order valence-corrected chi connectivity index (χ2v) is 4.73. The van der Waals surface area contributed by atoms with E-state index in [0.29, 0.717) is 4.88 Å². The Morgan fingerprint density at radius 3 is 2.41 bits per heavy atom. The molecule has 88 valence electrons. The topological polar surface area (TPSA) is 17.1 Å². The highest BCUT2D eigenvalue weighted by Gasteiger charge is 2.22. The molecule has 1 nitrogen and oxygen atoms in total. The first-order valence-electron chi connectivity index (χ1n) is 5.05. The quantitative estimate of drug-likeness (QED) is 0.741. The Bertz CT molecular complexity index is 587. The fraction of sp³-hybridized carbons (Fsp3) is 0.154. The first-order valence-corrected chi connectivity index (χ1v) is 5.93. The summed E-state index contributed by atoms with van der Waals surface area (Å²) < 4.78 is 27.3. The van der Waals surface area contributed by atoms with Crippen LogP contribution in [0.25, 0.3) is 0 Å². The van der Waals surface area contributed by atoms with Gasteiger partial charge in [-0.05, 0) is 42.5 Å². The number of carbonyl (C=O) groups excluding carboxylic acids is 1. The number of benzene rings is 1. The third kappa shape index (κ3) is 2.00. The van der Waals surface area contributed by atoms with Crippen LogP contribution < -0.4 is 0 Å². The molecule has 0 spiro atoms. The Balaban J connectivity index is 2.59. The number of aryl methyl sites for hydroxylation is 2. The number of thiophene rings is 1. The lowest BCUT2D eigenvalue weighted by atomic mass is 10.0. The molecule has 1 aromatic carbocycles. The predicted molar refractivity (Wildman–Crippen MR) is 63.6 cm³/mol. The van der Waals surface area contributed by atoms with Crippen LogP contribution >= 0.6 is 11.3 Å². The van der Waals surface area contributed by atoms with Gasteiger partial charge in [0.2, 0.25) is 5.78 Å². The van der Waals surface area contributed by atoms with Crippen molar-refractivity contribution in [3.63, 3.8) is 0 Å². The lowest BCUT2D eigenvalue weighted by molar-refractivity contribution is 0.103. The molecular formula is C13H10F2OS. The van der Waals surface area contributed by atoms with Crippen LogP contribution in [0.4, 0.5) is 8.78 Å². The van der Waals surface area contributed by atoms with Crippen molar-refractivity contribution in [1.82, 2.24) is 0 Å². The van der Waals surface area contributed by atoms with Crippen molar-refractivity contribution in [2.45, 2.75) is 13.8 Å². The highest BCUT2D eigenvalue weighted by Crippen LogP contribution is 2.24. The van der Waals surface area contributed by atoms with E-state index < -0.39 is 23.0 Å². The summed E-state index contributed by atoms with van der Waals surface area (Å²) in [5, 5.41) is 1.73. The molecule has 0 atom stereocenters. The molecule has 0 fully saturated rings. The van der Waals surface area contributed by atoms with Gasteiger partial charge in [0.15, 0.2) is 0 Å². The Morgan fingerprint density at radius 2 is 1.82 bits per heavy atom. The van der Waals surface area contributed by atoms with Gasteiger partial charge >= 0.3 is 0 Å². The van der Waals surface area contributed by atoms with Crippen LogP contribution in [0, 0.1) is 25.5 Å². The number of rotatable bonds is 2. The van der Waals surface area contributed by atoms with Gasteiger partial charge in [0, 0.05) is 0 Å². The highest BCUT2D eigenvalue weighted by atomic mass is 32.1. The Kier molecular flexibility index (Phi) is 3.07. The van der Waals surface area contributed by atoms with E-state index in [2.05, 4.69) is 0 Å². The fourth-order valence-electron chi connectivity index (χ4n) is 1.58. The maximum Gasteiger partial charge on any atom is 0.209 e. The molecule has 0 N–H and O–H groups in total. The molecule has 0 amide bonds. The Hall–Kier alpha value is -1.55. The van der Waals surface area contributed by atoms with Gasteiger partial charge in [-0.15, -0.1) is 11.3 Å². The summed E-state index contributed by atoms with van der Waals surface area (Å²) in [6.45, 7) is 3.25. The van der Waals surface area contributed by atoms with Gasteiger partial charge in [-0.25, -0.2) is 8.78 Å². The van der Waals surface area contributed by atoms with Crippen molar-refractivity contribution in [2.75, 3.05) is 0 Å². The van der Waals surface area contributed by atoms with Crippen LogP contribution in [0.3, 0.4) is 0 Å². The van der Waals surface area contributed by atoms with Gasteiger partial charge in [-0.3, -0.25) is 4.79 Å². The lowest BCUT2D eigenvalue weighted by Crippen LogP contribution is -2.08. The number of hydrogen-bond donors (Lipinski definition) is 0. The third-order valence-electron chi connectivity index (χ3n) is 2.58. The lowest BCUT2D eigenvalue weighted by Gasteiger charge is -2.05. The van der Waals surface area contributed by atoms with E-state index in [0.717, 1.165) is 11.6 Å². The van der Waals surface area contributed by atoms with Crippen molar-refractivity contribution in [3.05, 3.63) is 56.8 Å². The summed E-state index contributed by atoms with van der Waals surface area (Å²) in [5.74, 6) is -2.18. The van der Waals surface area contributed by atoms with Crippen LogP contribution in [-0.2, 0) is 0 Å². The second kappa shape index (κ2) is 4.37. The zero-order chi connectivity index (χ0) is 12.6. The van der Waals surface area contributed by atoms with Crippen LogP contribution in [0.2, 0.25) is 0 Å². The number of halogens is 2. The average molecular weight is 252 g/mol. The summed E-state index contributed by atoms with van der Waals surface area (Å²) in [7, 11) is 0. The Morgan fingerprint density at radius 1 is 1.12 bits per heavy atom. The number of ketones is 1. The van der Waals surface area contributed by atoms with E-state index in [4.69, 9.17) is 0 Å². The van der Waals surface area contributed by atoms with Gasteiger partial charge < -0.3 is 0 Å². The summed E-state index contributed by atoms with van der Waals surface area (Å²) in [5.41, 5.74) is 0.541. The second-order valence-electron chi connectivity index (χ2n) is 3.82. The van der Waals surface area contributed by atoms with Crippen LogP contribution in [0.5, 0.6) is 0 Å². The van der Waals surface area contributed by atoms with E-state index in [1.807, 2.05) is 0 Å². The number of carbonyl (C=O) groups is 1. The van der Waals surface area contributed by atoms with Crippen molar-refractivity contribution in [2.24, 2.45) is 0 Å². The smallest absolute Gasteiger partial charge is 0.209 e. The predicted octanol–water partition coefficient (Wildman–Crippen LogP) is 3.87. The summed E-state index contributed by atoms with van der Waals surface area (Å²) in [4.78, 5) is 12.4. The normalized spacial score (nSPS) is 10.6. The molecule has 4 heteroatoms. The first kappa shape index (κ1) is 11.9. The number of hydrogen-bond acceptors (Lipinski definition) is 2. The molecule has 1 heterocycles. The molecule has 0 unspecified atom stereocenters. The minimum Gasteiger partial charge on any atom is -0.287 e. The molecule has 0 aliphatic rings. The molecule has 17 heavy (non-hydrogen) atoms. The SMILES string of the molecule is Cc1ccsc1C(=O)c1c(F)ccc(C)c1F. The summed E-state index contributed by atoms with van der Waals surface area (Å²) in [6.07, 6.45) is 0. The van der Waals surface area contributed by atoms with E-state index in [1.165, 1.54) is 24.3 Å². The molecule has 2 aromatic rings. The maximum atomic E-state index is 13.8. The van der Waals surface area contributed by atoms with E-state index in [-0.39, 0.29) is 5.56 Å². The molecule has 1 aromatic heterocycles. The maximum absolute atomic E-state index is 13.8. The summed E-state index contributed by atoms with van der Waals surface area (Å²) >= 11 is 1.19. The Labute approximate surface area is 102 Å². The summed E-state index contributed by atoms with van der Waals surface area (Å²) in [6, 6.07) is 4.20. The highest BCUT2D eigenvalue weighted by molar-refractivity contribution is 7.12. The van der Waals surface area contributed by atoms with E-state index >= 15 is 0 Å². The van der Waals surface area contributed by atoms with Gasteiger partial charge in [-0.1, -0.05) is 6.07 Å². The minimum absolute atomic E-state index is 0.268. The van der Waals surface area contributed by atoms with E-state index in [9.17, 15) is 13.6 Å². The molecule has 0 bridgehead atoms. The fourth-order valence-corrected chi connectivity index (χ4v) is 2.45. The molecule has 0 saturated heterocycles. The zero-order valence-electron chi connectivity index (χ0n) is 9.38. The molecule has 2 rings (SSSR count). The van der Waals surface area contributed by atoms with Crippen molar-refractivity contribution in [1.29, 1.82) is 0 Å². The molecule has 0 saturated carbocycles. The molecule has 0 aliphatic carbocycles. The first-order chi connectivity index (χ1) is 8.02. The van der Waals surface area contributed by atoms with Crippen LogP contribution in [0.15, 0.2) is 23.6 Å². The molecular weight excluding hydrogens is 242 g/mol. The van der Waals surface area contributed by atoms with Crippen LogP contribution in [0.1, 0.15) is 26.4 Å². The van der Waals surface area contributed by atoms with Gasteiger partial charge in [0.1, 0.15) is 11.6 Å². The van der Waals surface area contributed by atoms with Crippen molar-refractivity contribution in [3.8, 4) is 0 Å². The third-order valence-corrected chi connectivity index (χ3v) is 3.59. The van der Waals surface area contributed by atoms with Gasteiger partial charge in [-0.2, -0.15) is 0 Å². The monoisotopic (exact) mass is 252 g/mol. The standard InChI is InChI=1S/C13H10F2OS/c1-7-3-4-9(14)10(11(7)15)12(16)13-8(2)5-6-17-13/h3-6H,1-2H3. The molecule has 0 aliphatic heterocycles. The average Bonchev–Trinajstić information content (AvgIpc) is 2.70. The van der Waals surface area contributed by atoms with Crippen molar-refractivity contribution < 1.29 is 13.6 Å². The minimum atomic E-state index is -0.814.